The first-order valence-electron chi connectivity index (χ1n) is 5.86. The van der Waals surface area contributed by atoms with Gasteiger partial charge < -0.3 is 10.6 Å². The van der Waals surface area contributed by atoms with Gasteiger partial charge in [-0.05, 0) is 35.9 Å². The Balaban J connectivity index is 0.00000147. The van der Waals surface area contributed by atoms with Gasteiger partial charge >= 0.3 is 0 Å². The SMILES string of the molecule is Cl.O=C1Cc2cc(NC(=O)c3cccnc3)ccc2N1. The summed E-state index contributed by atoms with van der Waals surface area (Å²) in [5.74, 6) is -0.240. The fraction of sp³-hybridized carbons (Fsp3) is 0.0714. The molecule has 0 unspecified atom stereocenters. The molecule has 0 saturated heterocycles. The zero-order valence-corrected chi connectivity index (χ0v) is 11.2. The molecular weight excluding hydrogens is 278 g/mol. The fourth-order valence-electron chi connectivity index (χ4n) is 2.01. The molecule has 102 valence electrons. The van der Waals surface area contributed by atoms with E-state index in [1.807, 2.05) is 6.07 Å². The van der Waals surface area contributed by atoms with Crippen molar-refractivity contribution in [3.63, 3.8) is 0 Å². The number of nitrogens with one attached hydrogen (secondary N) is 2. The van der Waals surface area contributed by atoms with Crippen LogP contribution in [-0.2, 0) is 11.2 Å². The summed E-state index contributed by atoms with van der Waals surface area (Å²) in [6.45, 7) is 0. The second-order valence-corrected chi connectivity index (χ2v) is 4.29. The molecule has 0 radical (unpaired) electrons. The van der Waals surface area contributed by atoms with Crippen molar-refractivity contribution in [2.75, 3.05) is 10.6 Å². The van der Waals surface area contributed by atoms with Crippen molar-refractivity contribution in [1.82, 2.24) is 4.98 Å². The lowest BCUT2D eigenvalue weighted by molar-refractivity contribution is -0.115. The van der Waals surface area contributed by atoms with Crippen molar-refractivity contribution in [3.8, 4) is 0 Å². The van der Waals surface area contributed by atoms with Gasteiger partial charge in [0.1, 0.15) is 0 Å². The lowest BCUT2D eigenvalue weighted by Gasteiger charge is -2.06. The Labute approximate surface area is 121 Å². The Bertz CT molecular complexity index is 659. The zero-order valence-electron chi connectivity index (χ0n) is 10.4. The van der Waals surface area contributed by atoms with Gasteiger partial charge in [-0.2, -0.15) is 0 Å². The average molecular weight is 290 g/mol. The quantitative estimate of drug-likeness (QED) is 0.891. The van der Waals surface area contributed by atoms with Gasteiger partial charge in [-0.3, -0.25) is 14.6 Å². The Morgan fingerprint density at radius 3 is 2.90 bits per heavy atom. The number of carbonyl (C=O) groups is 2. The van der Waals surface area contributed by atoms with E-state index in [1.54, 1.807) is 30.5 Å². The van der Waals surface area contributed by atoms with E-state index in [0.717, 1.165) is 11.3 Å². The molecule has 3 rings (SSSR count). The number of carbonyl (C=O) groups excluding carboxylic acids is 2. The first-order chi connectivity index (χ1) is 9.22. The second-order valence-electron chi connectivity index (χ2n) is 4.29. The number of benzene rings is 1. The van der Waals surface area contributed by atoms with Crippen LogP contribution in [0.4, 0.5) is 11.4 Å². The van der Waals surface area contributed by atoms with Crippen LogP contribution >= 0.6 is 12.4 Å². The molecular formula is C14H12ClN3O2. The van der Waals surface area contributed by atoms with Crippen LogP contribution in [0.25, 0.3) is 0 Å². The molecule has 20 heavy (non-hydrogen) atoms. The zero-order chi connectivity index (χ0) is 13.2. The summed E-state index contributed by atoms with van der Waals surface area (Å²) in [5.41, 5.74) is 2.87. The molecule has 2 heterocycles. The maximum Gasteiger partial charge on any atom is 0.257 e. The number of hydrogen-bond donors (Lipinski definition) is 2. The molecule has 5 nitrogen and oxygen atoms in total. The van der Waals surface area contributed by atoms with Crippen LogP contribution in [0.2, 0.25) is 0 Å². The molecule has 2 N–H and O–H groups in total. The summed E-state index contributed by atoms with van der Waals surface area (Å²) < 4.78 is 0. The van der Waals surface area contributed by atoms with Gasteiger partial charge in [0, 0.05) is 23.8 Å². The maximum absolute atomic E-state index is 11.9. The van der Waals surface area contributed by atoms with Crippen molar-refractivity contribution in [2.45, 2.75) is 6.42 Å². The van der Waals surface area contributed by atoms with E-state index in [-0.39, 0.29) is 24.2 Å². The molecule has 2 aromatic rings. The number of halogens is 1. The van der Waals surface area contributed by atoms with Crippen LogP contribution < -0.4 is 10.6 Å². The molecule has 1 aromatic carbocycles. The number of aromatic nitrogens is 1. The first-order valence-corrected chi connectivity index (χ1v) is 5.86. The highest BCUT2D eigenvalue weighted by Gasteiger charge is 2.17. The third-order valence-electron chi connectivity index (χ3n) is 2.91. The smallest absolute Gasteiger partial charge is 0.257 e. The number of anilines is 2. The number of rotatable bonds is 2. The molecule has 1 aliphatic rings. The lowest BCUT2D eigenvalue weighted by atomic mass is 10.1. The van der Waals surface area contributed by atoms with Crippen molar-refractivity contribution in [3.05, 3.63) is 53.9 Å². The summed E-state index contributed by atoms with van der Waals surface area (Å²) in [6.07, 6.45) is 3.48. The highest BCUT2D eigenvalue weighted by molar-refractivity contribution is 6.05. The predicted molar refractivity (Wildman–Crippen MR) is 78.2 cm³/mol. The van der Waals surface area contributed by atoms with Crippen LogP contribution in [0.5, 0.6) is 0 Å². The van der Waals surface area contributed by atoms with E-state index in [1.165, 1.54) is 6.20 Å². The van der Waals surface area contributed by atoms with Crippen molar-refractivity contribution in [1.29, 1.82) is 0 Å². The fourth-order valence-corrected chi connectivity index (χ4v) is 2.01. The molecule has 0 fully saturated rings. The average Bonchev–Trinajstić information content (AvgIpc) is 2.79. The molecule has 0 spiro atoms. The third-order valence-corrected chi connectivity index (χ3v) is 2.91. The lowest BCUT2D eigenvalue weighted by Crippen LogP contribution is -2.12. The molecule has 0 saturated carbocycles. The van der Waals surface area contributed by atoms with E-state index in [0.29, 0.717) is 17.7 Å². The minimum atomic E-state index is -0.217. The van der Waals surface area contributed by atoms with E-state index in [2.05, 4.69) is 15.6 Å². The predicted octanol–water partition coefficient (Wildman–Crippen LogP) is 2.25. The Morgan fingerprint density at radius 2 is 2.15 bits per heavy atom. The van der Waals surface area contributed by atoms with Gasteiger partial charge in [0.05, 0.1) is 12.0 Å². The highest BCUT2D eigenvalue weighted by atomic mass is 35.5. The van der Waals surface area contributed by atoms with E-state index < -0.39 is 0 Å². The van der Waals surface area contributed by atoms with Gasteiger partial charge in [0.2, 0.25) is 5.91 Å². The molecule has 0 atom stereocenters. The normalized spacial score (nSPS) is 12.1. The van der Waals surface area contributed by atoms with Gasteiger partial charge in [0.15, 0.2) is 0 Å². The summed E-state index contributed by atoms with van der Waals surface area (Å²) in [6, 6.07) is 8.76. The van der Waals surface area contributed by atoms with Crippen LogP contribution in [0.1, 0.15) is 15.9 Å². The van der Waals surface area contributed by atoms with Crippen LogP contribution in [0.15, 0.2) is 42.7 Å². The van der Waals surface area contributed by atoms with Gasteiger partial charge in [0.25, 0.3) is 5.91 Å². The molecule has 6 heteroatoms. The maximum atomic E-state index is 11.9. The van der Waals surface area contributed by atoms with Gasteiger partial charge in [-0.15, -0.1) is 12.4 Å². The van der Waals surface area contributed by atoms with Crippen LogP contribution in [0, 0.1) is 0 Å². The van der Waals surface area contributed by atoms with E-state index in [9.17, 15) is 9.59 Å². The molecule has 0 bridgehead atoms. The Morgan fingerprint density at radius 1 is 1.30 bits per heavy atom. The van der Waals surface area contributed by atoms with Crippen LogP contribution in [0.3, 0.4) is 0 Å². The van der Waals surface area contributed by atoms with E-state index in [4.69, 9.17) is 0 Å². The van der Waals surface area contributed by atoms with Crippen molar-refractivity contribution >= 4 is 35.6 Å². The highest BCUT2D eigenvalue weighted by Crippen LogP contribution is 2.26. The number of hydrogen-bond acceptors (Lipinski definition) is 3. The largest absolute Gasteiger partial charge is 0.326 e. The van der Waals surface area contributed by atoms with E-state index >= 15 is 0 Å². The summed E-state index contributed by atoms with van der Waals surface area (Å²) in [4.78, 5) is 27.1. The Hall–Kier alpha value is -2.40. The molecule has 2 amide bonds. The summed E-state index contributed by atoms with van der Waals surface area (Å²) in [7, 11) is 0. The number of fused-ring (bicyclic) bond motifs is 1. The second kappa shape index (κ2) is 5.71. The van der Waals surface area contributed by atoms with Gasteiger partial charge in [-0.25, -0.2) is 0 Å². The molecule has 1 aliphatic heterocycles. The summed E-state index contributed by atoms with van der Waals surface area (Å²) in [5, 5.41) is 5.53. The topological polar surface area (TPSA) is 71.1 Å². The molecule has 0 aliphatic carbocycles. The number of pyridine rings is 1. The number of amides is 2. The minimum Gasteiger partial charge on any atom is -0.326 e. The monoisotopic (exact) mass is 289 g/mol. The minimum absolute atomic E-state index is 0. The first kappa shape index (κ1) is 14.0. The van der Waals surface area contributed by atoms with Crippen molar-refractivity contribution < 1.29 is 9.59 Å². The Kier molecular flexibility index (Phi) is 4.00. The third kappa shape index (κ3) is 2.78. The molecule has 1 aromatic heterocycles. The van der Waals surface area contributed by atoms with Crippen molar-refractivity contribution in [2.24, 2.45) is 0 Å². The summed E-state index contributed by atoms with van der Waals surface area (Å²) >= 11 is 0. The van der Waals surface area contributed by atoms with Crippen LogP contribution in [-0.4, -0.2) is 16.8 Å². The number of nitrogens with zero attached hydrogens (tertiary/aromatic N) is 1. The van der Waals surface area contributed by atoms with Gasteiger partial charge in [-0.1, -0.05) is 0 Å². The standard InChI is InChI=1S/C14H11N3O2.ClH/c18-13-7-10-6-11(3-4-12(10)17-13)16-14(19)9-2-1-5-15-8-9;/h1-6,8H,7H2,(H,16,19)(H,17,18);1H.